The molecule has 2 aromatic rings. The molecule has 8 nitrogen and oxygen atoms in total. The van der Waals surface area contributed by atoms with Crippen molar-refractivity contribution in [3.8, 4) is 11.1 Å². The monoisotopic (exact) mass is 452 g/mol. The van der Waals surface area contributed by atoms with Gasteiger partial charge in [0.15, 0.2) is 0 Å². The minimum absolute atomic E-state index is 0.0790. The van der Waals surface area contributed by atoms with Gasteiger partial charge in [-0.25, -0.2) is 4.79 Å². The Bertz CT molecular complexity index is 994. The molecule has 174 valence electrons. The Morgan fingerprint density at radius 2 is 1.70 bits per heavy atom. The number of alkyl carbamates (subject to hydrolysis) is 1. The molecule has 0 bridgehead atoms. The van der Waals surface area contributed by atoms with Crippen LogP contribution in [0, 0.1) is 5.92 Å². The highest BCUT2D eigenvalue weighted by molar-refractivity contribution is 5.89. The Hall–Kier alpha value is -3.39. The number of fused-ring (bicyclic) bond motifs is 3. The summed E-state index contributed by atoms with van der Waals surface area (Å²) in [6.07, 6.45) is -0.539. The first kappa shape index (κ1) is 22.8. The van der Waals surface area contributed by atoms with Crippen LogP contribution in [0.5, 0.6) is 0 Å². The van der Waals surface area contributed by atoms with Crippen LogP contribution in [0.15, 0.2) is 48.5 Å². The minimum atomic E-state index is -1.24. The first-order valence-corrected chi connectivity index (χ1v) is 11.2. The fourth-order valence-corrected chi connectivity index (χ4v) is 4.61. The van der Waals surface area contributed by atoms with E-state index in [2.05, 4.69) is 10.6 Å². The maximum Gasteiger partial charge on any atom is 0.407 e. The number of ether oxygens (including phenoxy) is 2. The number of hydrogen-bond acceptors (Lipinski definition) is 5. The van der Waals surface area contributed by atoms with Crippen LogP contribution in [-0.4, -0.2) is 55.0 Å². The van der Waals surface area contributed by atoms with E-state index in [4.69, 9.17) is 9.47 Å². The van der Waals surface area contributed by atoms with Crippen LogP contribution in [0.2, 0.25) is 0 Å². The van der Waals surface area contributed by atoms with Crippen LogP contribution in [-0.2, 0) is 19.1 Å². The fourth-order valence-electron chi connectivity index (χ4n) is 4.61. The lowest BCUT2D eigenvalue weighted by Gasteiger charge is -2.22. The van der Waals surface area contributed by atoms with Crippen molar-refractivity contribution in [2.45, 2.75) is 37.8 Å². The molecule has 4 rings (SSSR count). The second kappa shape index (κ2) is 10.0. The number of rotatable bonds is 8. The molecule has 1 saturated heterocycles. The molecule has 3 unspecified atom stereocenters. The van der Waals surface area contributed by atoms with Crippen molar-refractivity contribution in [3.05, 3.63) is 59.7 Å². The third-order valence-corrected chi connectivity index (χ3v) is 6.38. The third kappa shape index (κ3) is 5.01. The second-order valence-electron chi connectivity index (χ2n) is 8.44. The Labute approximate surface area is 192 Å². The summed E-state index contributed by atoms with van der Waals surface area (Å²) in [6.45, 7) is 3.00. The minimum Gasteiger partial charge on any atom is -0.481 e. The number of benzene rings is 2. The fraction of sp³-hybridized carbons (Fsp3) is 0.400. The van der Waals surface area contributed by atoms with Crippen LogP contribution >= 0.6 is 0 Å². The van der Waals surface area contributed by atoms with Gasteiger partial charge in [0, 0.05) is 11.8 Å². The van der Waals surface area contributed by atoms with E-state index >= 15 is 0 Å². The normalized spacial score (nSPS) is 19.9. The number of hydrogen-bond donors (Lipinski definition) is 3. The topological polar surface area (TPSA) is 114 Å². The first-order valence-electron chi connectivity index (χ1n) is 11.2. The van der Waals surface area contributed by atoms with E-state index in [1.165, 1.54) is 0 Å². The first-order chi connectivity index (χ1) is 16.0. The molecule has 3 atom stereocenters. The van der Waals surface area contributed by atoms with Gasteiger partial charge in [-0.15, -0.1) is 0 Å². The van der Waals surface area contributed by atoms with E-state index in [1.54, 1.807) is 0 Å². The number of carboxylic acids is 1. The maximum atomic E-state index is 12.7. The van der Waals surface area contributed by atoms with Gasteiger partial charge in [0.05, 0.1) is 25.7 Å². The van der Waals surface area contributed by atoms with Crippen LogP contribution in [0.4, 0.5) is 4.79 Å². The molecule has 0 radical (unpaired) electrons. The molecular weight excluding hydrogens is 424 g/mol. The zero-order valence-corrected chi connectivity index (χ0v) is 18.5. The largest absolute Gasteiger partial charge is 0.481 e. The molecule has 2 amide bonds. The SMILES string of the molecule is CCC1COCC1NC(=O)C(CC(=O)O)NC(=O)OCC1c2ccccc2-c2ccccc21. The predicted molar refractivity (Wildman–Crippen MR) is 121 cm³/mol. The van der Waals surface area contributed by atoms with Crippen molar-refractivity contribution in [3.63, 3.8) is 0 Å². The van der Waals surface area contributed by atoms with E-state index in [1.807, 2.05) is 55.5 Å². The summed E-state index contributed by atoms with van der Waals surface area (Å²) < 4.78 is 10.9. The second-order valence-corrected chi connectivity index (χ2v) is 8.44. The molecule has 0 saturated carbocycles. The van der Waals surface area contributed by atoms with Crippen LogP contribution < -0.4 is 10.6 Å². The van der Waals surface area contributed by atoms with E-state index in [0.717, 1.165) is 28.7 Å². The molecule has 0 spiro atoms. The summed E-state index contributed by atoms with van der Waals surface area (Å²) in [5.74, 6) is -1.71. The highest BCUT2D eigenvalue weighted by Gasteiger charge is 2.33. The zero-order valence-electron chi connectivity index (χ0n) is 18.5. The summed E-state index contributed by atoms with van der Waals surface area (Å²) in [4.78, 5) is 36.6. The van der Waals surface area contributed by atoms with Gasteiger partial charge in [-0.1, -0.05) is 55.5 Å². The van der Waals surface area contributed by atoms with Crippen molar-refractivity contribution in [1.29, 1.82) is 0 Å². The van der Waals surface area contributed by atoms with E-state index in [-0.39, 0.29) is 24.5 Å². The summed E-state index contributed by atoms with van der Waals surface area (Å²) in [6, 6.07) is 14.5. The Morgan fingerprint density at radius 1 is 1.06 bits per heavy atom. The third-order valence-electron chi connectivity index (χ3n) is 6.38. The van der Waals surface area contributed by atoms with Gasteiger partial charge < -0.3 is 25.2 Å². The summed E-state index contributed by atoms with van der Waals surface area (Å²) in [5, 5.41) is 14.5. The Morgan fingerprint density at radius 3 is 2.30 bits per heavy atom. The molecule has 1 fully saturated rings. The molecule has 0 aromatic heterocycles. The molecular formula is C25H28N2O6. The number of carbonyl (C=O) groups excluding carboxylic acids is 2. The standard InChI is InChI=1S/C25H28N2O6/c1-2-15-12-32-14-22(15)26-24(30)21(11-23(28)29)27-25(31)33-13-20-18-9-5-3-7-16(18)17-8-4-6-10-19(17)20/h3-10,15,20-22H,2,11-14H2,1H3,(H,26,30)(H,27,31)(H,28,29). The van der Waals surface area contributed by atoms with Gasteiger partial charge in [0.25, 0.3) is 0 Å². The molecule has 2 aliphatic rings. The molecule has 8 heteroatoms. The van der Waals surface area contributed by atoms with Gasteiger partial charge in [-0.2, -0.15) is 0 Å². The van der Waals surface area contributed by atoms with E-state index in [0.29, 0.717) is 13.2 Å². The van der Waals surface area contributed by atoms with Crippen molar-refractivity contribution in [1.82, 2.24) is 10.6 Å². The zero-order chi connectivity index (χ0) is 23.4. The van der Waals surface area contributed by atoms with Crippen molar-refractivity contribution < 1.29 is 29.0 Å². The number of nitrogens with one attached hydrogen (secondary N) is 2. The average molecular weight is 453 g/mol. The number of aliphatic carboxylic acids is 1. The highest BCUT2D eigenvalue weighted by Crippen LogP contribution is 2.44. The van der Waals surface area contributed by atoms with Crippen molar-refractivity contribution >= 4 is 18.0 Å². The molecule has 3 N–H and O–H groups in total. The summed E-state index contributed by atoms with van der Waals surface area (Å²) >= 11 is 0. The Kier molecular flexibility index (Phi) is 6.93. The van der Waals surface area contributed by atoms with Gasteiger partial charge in [-0.3, -0.25) is 9.59 Å². The lowest BCUT2D eigenvalue weighted by Crippen LogP contribution is -2.52. The van der Waals surface area contributed by atoms with Gasteiger partial charge in [0.1, 0.15) is 12.6 Å². The molecule has 1 aliphatic heterocycles. The number of carboxylic acid groups (broad SMARTS) is 1. The summed E-state index contributed by atoms with van der Waals surface area (Å²) in [7, 11) is 0. The molecule has 1 heterocycles. The number of amides is 2. The van der Waals surface area contributed by atoms with Gasteiger partial charge >= 0.3 is 12.1 Å². The van der Waals surface area contributed by atoms with Crippen LogP contribution in [0.1, 0.15) is 36.8 Å². The van der Waals surface area contributed by atoms with E-state index < -0.39 is 30.4 Å². The molecule has 1 aliphatic carbocycles. The summed E-state index contributed by atoms with van der Waals surface area (Å²) in [5.41, 5.74) is 4.35. The lowest BCUT2D eigenvalue weighted by molar-refractivity contribution is -0.140. The van der Waals surface area contributed by atoms with Crippen LogP contribution in [0.25, 0.3) is 11.1 Å². The quantitative estimate of drug-likeness (QED) is 0.568. The van der Waals surface area contributed by atoms with Gasteiger partial charge in [0.2, 0.25) is 5.91 Å². The average Bonchev–Trinajstić information content (AvgIpc) is 3.39. The Balaban J connectivity index is 1.40. The van der Waals surface area contributed by atoms with E-state index in [9.17, 15) is 19.5 Å². The van der Waals surface area contributed by atoms with Crippen LogP contribution in [0.3, 0.4) is 0 Å². The highest BCUT2D eigenvalue weighted by atomic mass is 16.5. The molecule has 2 aromatic carbocycles. The number of carbonyl (C=O) groups is 3. The van der Waals surface area contributed by atoms with Crippen molar-refractivity contribution in [2.24, 2.45) is 5.92 Å². The van der Waals surface area contributed by atoms with Crippen molar-refractivity contribution in [2.75, 3.05) is 19.8 Å². The smallest absolute Gasteiger partial charge is 0.407 e. The maximum absolute atomic E-state index is 12.7. The molecule has 33 heavy (non-hydrogen) atoms. The predicted octanol–water partition coefficient (Wildman–Crippen LogP) is 2.91. The van der Waals surface area contributed by atoms with Gasteiger partial charge in [-0.05, 0) is 28.7 Å². The lowest BCUT2D eigenvalue weighted by atomic mass is 9.98.